The Morgan fingerprint density at radius 1 is 1.10 bits per heavy atom. The predicted molar refractivity (Wildman–Crippen MR) is 104 cm³/mol. The highest BCUT2D eigenvalue weighted by Gasteiger charge is 2.16. The van der Waals surface area contributed by atoms with Crippen LogP contribution in [0, 0.1) is 5.82 Å². The third kappa shape index (κ3) is 4.87. The summed E-state index contributed by atoms with van der Waals surface area (Å²) >= 11 is 0. The zero-order valence-corrected chi connectivity index (χ0v) is 16.5. The maximum absolute atomic E-state index is 13.0. The molecule has 0 N–H and O–H groups in total. The predicted octanol–water partition coefficient (Wildman–Crippen LogP) is 2.55. The number of carbonyl (C=O) groups is 1. The monoisotopic (exact) mass is 399 g/mol. The second-order valence-electron chi connectivity index (χ2n) is 6.25. The maximum atomic E-state index is 13.0. The molecule has 8 nitrogen and oxygen atoms in total. The van der Waals surface area contributed by atoms with Gasteiger partial charge in [0, 0.05) is 18.7 Å². The van der Waals surface area contributed by atoms with Crippen molar-refractivity contribution >= 4 is 5.91 Å². The maximum Gasteiger partial charge on any atom is 0.246 e. The van der Waals surface area contributed by atoms with Crippen LogP contribution in [0.4, 0.5) is 4.39 Å². The topological polar surface area (TPSA) is 82.4 Å². The smallest absolute Gasteiger partial charge is 0.246 e. The van der Waals surface area contributed by atoms with Crippen LogP contribution < -0.4 is 9.47 Å². The zero-order chi connectivity index (χ0) is 20.8. The fourth-order valence-corrected chi connectivity index (χ4v) is 2.82. The molecule has 1 amide bonds. The molecule has 0 saturated heterocycles. The van der Waals surface area contributed by atoms with Crippen molar-refractivity contribution in [2.75, 3.05) is 20.8 Å². The average molecular weight is 399 g/mol. The quantitative estimate of drug-likeness (QED) is 0.579. The molecule has 1 aromatic heterocycles. The van der Waals surface area contributed by atoms with E-state index in [1.165, 1.54) is 16.9 Å². The minimum absolute atomic E-state index is 0.0463. The van der Waals surface area contributed by atoms with Crippen LogP contribution in [0.2, 0.25) is 0 Å². The number of aromatic nitrogens is 4. The largest absolute Gasteiger partial charge is 0.493 e. The summed E-state index contributed by atoms with van der Waals surface area (Å²) in [6.45, 7) is 2.79. The fourth-order valence-electron chi connectivity index (χ4n) is 2.82. The van der Waals surface area contributed by atoms with Crippen molar-refractivity contribution in [1.82, 2.24) is 25.1 Å². The summed E-state index contributed by atoms with van der Waals surface area (Å²) < 4.78 is 23.6. The first-order valence-electron chi connectivity index (χ1n) is 9.06. The lowest BCUT2D eigenvalue weighted by atomic mass is 10.2. The highest BCUT2D eigenvalue weighted by atomic mass is 19.1. The van der Waals surface area contributed by atoms with Crippen LogP contribution in [0.5, 0.6) is 11.5 Å². The number of carbonyl (C=O) groups excluding carboxylic acids is 1. The van der Waals surface area contributed by atoms with Crippen LogP contribution in [-0.4, -0.2) is 51.8 Å². The highest BCUT2D eigenvalue weighted by Crippen LogP contribution is 2.28. The summed E-state index contributed by atoms with van der Waals surface area (Å²) in [5, 5.41) is 12.1. The molecule has 0 aliphatic carbocycles. The molecule has 3 aromatic rings. The molecular weight excluding hydrogens is 377 g/mol. The Hall–Kier alpha value is -3.49. The number of rotatable bonds is 8. The number of hydrogen-bond acceptors (Lipinski definition) is 6. The molecule has 0 aliphatic rings. The molecule has 1 heterocycles. The number of likely N-dealkylation sites (N-methyl/N-ethyl adjacent to an activating group) is 1. The Labute approximate surface area is 167 Å². The SMILES string of the molecule is CCN(Cc1ccc(OC)c(OC)c1)C(=O)Cn1nnc(-c2ccc(F)cc2)n1. The summed E-state index contributed by atoms with van der Waals surface area (Å²) in [6.07, 6.45) is 0. The Bertz CT molecular complexity index is 975. The van der Waals surface area contributed by atoms with Crippen LogP contribution in [-0.2, 0) is 17.9 Å². The van der Waals surface area contributed by atoms with Crippen molar-refractivity contribution < 1.29 is 18.7 Å². The van der Waals surface area contributed by atoms with Gasteiger partial charge in [0.05, 0.1) is 14.2 Å². The number of nitrogens with zero attached hydrogens (tertiary/aromatic N) is 5. The number of amides is 1. The number of ether oxygens (including phenoxy) is 2. The van der Waals surface area contributed by atoms with E-state index in [0.717, 1.165) is 5.56 Å². The van der Waals surface area contributed by atoms with E-state index in [4.69, 9.17) is 9.47 Å². The number of methoxy groups -OCH3 is 2. The third-order valence-corrected chi connectivity index (χ3v) is 4.39. The molecule has 0 bridgehead atoms. The molecule has 0 saturated carbocycles. The number of benzene rings is 2. The van der Waals surface area contributed by atoms with Crippen LogP contribution in [0.25, 0.3) is 11.4 Å². The molecule has 3 rings (SSSR count). The van der Waals surface area contributed by atoms with Gasteiger partial charge < -0.3 is 14.4 Å². The van der Waals surface area contributed by atoms with E-state index >= 15 is 0 Å². The van der Waals surface area contributed by atoms with Crippen LogP contribution in [0.15, 0.2) is 42.5 Å². The summed E-state index contributed by atoms with van der Waals surface area (Å²) in [4.78, 5) is 15.6. The summed E-state index contributed by atoms with van der Waals surface area (Å²) in [6, 6.07) is 11.3. The van der Waals surface area contributed by atoms with Gasteiger partial charge in [0.15, 0.2) is 11.5 Å². The van der Waals surface area contributed by atoms with E-state index in [-0.39, 0.29) is 18.3 Å². The third-order valence-electron chi connectivity index (χ3n) is 4.39. The van der Waals surface area contributed by atoms with E-state index in [1.54, 1.807) is 37.3 Å². The molecule has 0 atom stereocenters. The van der Waals surface area contributed by atoms with E-state index in [9.17, 15) is 9.18 Å². The van der Waals surface area contributed by atoms with Gasteiger partial charge in [-0.2, -0.15) is 4.80 Å². The van der Waals surface area contributed by atoms with Crippen LogP contribution >= 0.6 is 0 Å². The second-order valence-corrected chi connectivity index (χ2v) is 6.25. The number of halogens is 1. The van der Waals surface area contributed by atoms with E-state index in [2.05, 4.69) is 15.4 Å². The van der Waals surface area contributed by atoms with Gasteiger partial charge in [0.2, 0.25) is 11.7 Å². The molecule has 0 spiro atoms. The lowest BCUT2D eigenvalue weighted by Crippen LogP contribution is -2.33. The van der Waals surface area contributed by atoms with Crippen molar-refractivity contribution in [3.63, 3.8) is 0 Å². The number of hydrogen-bond donors (Lipinski definition) is 0. The standard InChI is InChI=1S/C20H22FN5O3/c1-4-25(12-14-5-10-17(28-2)18(11-14)29-3)19(27)13-26-23-20(22-24-26)15-6-8-16(21)9-7-15/h5-11H,4,12-13H2,1-3H3. The molecule has 29 heavy (non-hydrogen) atoms. The number of tetrazole rings is 1. The molecule has 0 aliphatic heterocycles. The summed E-state index contributed by atoms with van der Waals surface area (Å²) in [7, 11) is 3.14. The highest BCUT2D eigenvalue weighted by molar-refractivity contribution is 5.75. The molecule has 9 heteroatoms. The zero-order valence-electron chi connectivity index (χ0n) is 16.5. The average Bonchev–Trinajstić information content (AvgIpc) is 3.20. The van der Waals surface area contributed by atoms with Gasteiger partial charge in [-0.3, -0.25) is 4.79 Å². The lowest BCUT2D eigenvalue weighted by Gasteiger charge is -2.21. The fraction of sp³-hybridized carbons (Fsp3) is 0.300. The van der Waals surface area contributed by atoms with Gasteiger partial charge in [0.1, 0.15) is 12.4 Å². The minimum atomic E-state index is -0.343. The van der Waals surface area contributed by atoms with Crippen molar-refractivity contribution in [3.05, 3.63) is 53.8 Å². The van der Waals surface area contributed by atoms with Gasteiger partial charge in [-0.15, -0.1) is 10.2 Å². The van der Waals surface area contributed by atoms with Gasteiger partial charge in [-0.05, 0) is 54.1 Å². The normalized spacial score (nSPS) is 10.6. The van der Waals surface area contributed by atoms with E-state index in [0.29, 0.717) is 36.0 Å². The first kappa shape index (κ1) is 20.2. The molecular formula is C20H22FN5O3. The lowest BCUT2D eigenvalue weighted by molar-refractivity contribution is -0.132. The van der Waals surface area contributed by atoms with Gasteiger partial charge >= 0.3 is 0 Å². The molecule has 0 radical (unpaired) electrons. The minimum Gasteiger partial charge on any atom is -0.493 e. The van der Waals surface area contributed by atoms with Crippen molar-refractivity contribution in [2.24, 2.45) is 0 Å². The summed E-state index contributed by atoms with van der Waals surface area (Å²) in [5.41, 5.74) is 1.54. The van der Waals surface area contributed by atoms with Crippen molar-refractivity contribution in [3.8, 4) is 22.9 Å². The van der Waals surface area contributed by atoms with E-state index < -0.39 is 0 Å². The van der Waals surface area contributed by atoms with Gasteiger partial charge in [0.25, 0.3) is 0 Å². The molecule has 152 valence electrons. The molecule has 0 fully saturated rings. The Balaban J connectivity index is 1.68. The van der Waals surface area contributed by atoms with Gasteiger partial charge in [-0.1, -0.05) is 6.07 Å². The first-order chi connectivity index (χ1) is 14.0. The van der Waals surface area contributed by atoms with Gasteiger partial charge in [-0.25, -0.2) is 4.39 Å². The first-order valence-corrected chi connectivity index (χ1v) is 9.06. The Morgan fingerprint density at radius 3 is 2.48 bits per heavy atom. The molecule has 2 aromatic carbocycles. The van der Waals surface area contributed by atoms with Crippen LogP contribution in [0.1, 0.15) is 12.5 Å². The van der Waals surface area contributed by atoms with Crippen LogP contribution in [0.3, 0.4) is 0 Å². The Morgan fingerprint density at radius 2 is 1.83 bits per heavy atom. The second kappa shape index (κ2) is 9.13. The Kier molecular flexibility index (Phi) is 6.38. The van der Waals surface area contributed by atoms with E-state index in [1.807, 2.05) is 19.1 Å². The van der Waals surface area contributed by atoms with Crippen molar-refractivity contribution in [2.45, 2.75) is 20.0 Å². The summed E-state index contributed by atoms with van der Waals surface area (Å²) in [5.74, 6) is 1.08. The molecule has 0 unspecified atom stereocenters. The van der Waals surface area contributed by atoms with Crippen molar-refractivity contribution in [1.29, 1.82) is 0 Å².